The molecule has 0 saturated carbocycles. The molecule has 0 radical (unpaired) electrons. The number of carboxylic acid groups (broad SMARTS) is 1. The van der Waals surface area contributed by atoms with Gasteiger partial charge in [0.25, 0.3) is 0 Å². The summed E-state index contributed by atoms with van der Waals surface area (Å²) in [6, 6.07) is 7.53. The van der Waals surface area contributed by atoms with Crippen LogP contribution in [-0.4, -0.2) is 40.3 Å². The third kappa shape index (κ3) is 8.74. The highest BCUT2D eigenvalue weighted by atomic mass is 16.6. The zero-order chi connectivity index (χ0) is 17.5. The van der Waals surface area contributed by atoms with Gasteiger partial charge in [0, 0.05) is 0 Å². The Hall–Kier alpha value is -2.61. The lowest BCUT2D eigenvalue weighted by Crippen LogP contribution is -2.43. The summed E-state index contributed by atoms with van der Waals surface area (Å²) in [5.74, 6) is -2.05. The summed E-state index contributed by atoms with van der Waals surface area (Å²) in [4.78, 5) is 34.4. The molecule has 1 amide bonds. The summed E-state index contributed by atoms with van der Waals surface area (Å²) in [7, 11) is 0. The Balaban J connectivity index is 0.00000529. The van der Waals surface area contributed by atoms with Gasteiger partial charge < -0.3 is 25.4 Å². The van der Waals surface area contributed by atoms with Crippen LogP contribution in [0.2, 0.25) is 0 Å². The molecule has 8 heteroatoms. The number of carboxylic acids is 1. The first kappa shape index (κ1) is 21.4. The second-order valence-corrected chi connectivity index (χ2v) is 5.89. The van der Waals surface area contributed by atoms with E-state index in [0.29, 0.717) is 0 Å². The molecule has 24 heavy (non-hydrogen) atoms. The number of carbonyl (C=O) groups excluding carboxylic acids is 2. The van der Waals surface area contributed by atoms with Gasteiger partial charge in [-0.05, 0) is 26.3 Å². The molecule has 0 aliphatic heterocycles. The SMILES string of the molecule is CC(C)(C)OC(=O)CC(NC(=O)OCc1ccccc1)C(=O)O.O. The maximum atomic E-state index is 11.7. The molecule has 0 spiro atoms. The first-order chi connectivity index (χ1) is 10.7. The molecule has 0 fully saturated rings. The Morgan fingerprint density at radius 3 is 2.25 bits per heavy atom. The number of carbonyl (C=O) groups is 3. The van der Waals surface area contributed by atoms with Crippen molar-refractivity contribution in [2.75, 3.05) is 0 Å². The lowest BCUT2D eigenvalue weighted by atomic mass is 10.1. The molecule has 1 atom stereocenters. The van der Waals surface area contributed by atoms with Crippen molar-refractivity contribution in [1.29, 1.82) is 0 Å². The highest BCUT2D eigenvalue weighted by Crippen LogP contribution is 2.09. The number of hydrogen-bond acceptors (Lipinski definition) is 5. The first-order valence-electron chi connectivity index (χ1n) is 7.09. The predicted molar refractivity (Wildman–Crippen MR) is 85.3 cm³/mol. The van der Waals surface area contributed by atoms with Crippen molar-refractivity contribution < 1.29 is 34.4 Å². The van der Waals surface area contributed by atoms with Crippen molar-refractivity contribution in [1.82, 2.24) is 5.32 Å². The van der Waals surface area contributed by atoms with Gasteiger partial charge in [-0.15, -0.1) is 0 Å². The zero-order valence-electron chi connectivity index (χ0n) is 13.9. The minimum Gasteiger partial charge on any atom is -0.480 e. The van der Waals surface area contributed by atoms with Gasteiger partial charge in [-0.1, -0.05) is 30.3 Å². The van der Waals surface area contributed by atoms with Crippen molar-refractivity contribution in [3.63, 3.8) is 0 Å². The van der Waals surface area contributed by atoms with E-state index in [9.17, 15) is 14.4 Å². The molecule has 0 heterocycles. The van der Waals surface area contributed by atoms with Crippen LogP contribution in [0.3, 0.4) is 0 Å². The first-order valence-corrected chi connectivity index (χ1v) is 7.09. The van der Waals surface area contributed by atoms with Crippen LogP contribution >= 0.6 is 0 Å². The Kier molecular flexibility index (Phi) is 8.48. The predicted octanol–water partition coefficient (Wildman–Crippen LogP) is 1.27. The molecular weight excluding hydrogens is 318 g/mol. The number of amides is 1. The van der Waals surface area contributed by atoms with Gasteiger partial charge in [-0.3, -0.25) is 4.79 Å². The highest BCUT2D eigenvalue weighted by molar-refractivity contribution is 5.85. The van der Waals surface area contributed by atoms with Crippen LogP contribution < -0.4 is 5.32 Å². The molecule has 134 valence electrons. The third-order valence-electron chi connectivity index (χ3n) is 2.59. The van der Waals surface area contributed by atoms with Gasteiger partial charge in [0.15, 0.2) is 0 Å². The van der Waals surface area contributed by atoms with Crippen LogP contribution in [0.1, 0.15) is 32.8 Å². The molecule has 0 aliphatic rings. The molecule has 1 aromatic carbocycles. The fourth-order valence-electron chi connectivity index (χ4n) is 1.66. The van der Waals surface area contributed by atoms with Crippen molar-refractivity contribution in [3.05, 3.63) is 35.9 Å². The number of alkyl carbamates (subject to hydrolysis) is 1. The Morgan fingerprint density at radius 2 is 1.75 bits per heavy atom. The summed E-state index contributed by atoms with van der Waals surface area (Å²) in [5, 5.41) is 11.2. The summed E-state index contributed by atoms with van der Waals surface area (Å²) < 4.78 is 9.96. The van der Waals surface area contributed by atoms with Gasteiger partial charge in [0.2, 0.25) is 0 Å². The van der Waals surface area contributed by atoms with Crippen LogP contribution in [0.5, 0.6) is 0 Å². The maximum absolute atomic E-state index is 11.7. The molecule has 0 bridgehead atoms. The zero-order valence-corrected chi connectivity index (χ0v) is 13.9. The quantitative estimate of drug-likeness (QED) is 0.749. The fraction of sp³-hybridized carbons (Fsp3) is 0.438. The maximum Gasteiger partial charge on any atom is 0.408 e. The largest absolute Gasteiger partial charge is 0.480 e. The van der Waals surface area contributed by atoms with Crippen LogP contribution in [0.4, 0.5) is 4.79 Å². The van der Waals surface area contributed by atoms with Gasteiger partial charge in [-0.2, -0.15) is 0 Å². The molecule has 4 N–H and O–H groups in total. The topological polar surface area (TPSA) is 133 Å². The lowest BCUT2D eigenvalue weighted by molar-refractivity contribution is -0.158. The van der Waals surface area contributed by atoms with E-state index >= 15 is 0 Å². The smallest absolute Gasteiger partial charge is 0.408 e. The summed E-state index contributed by atoms with van der Waals surface area (Å²) >= 11 is 0. The molecule has 0 saturated heterocycles. The van der Waals surface area contributed by atoms with E-state index in [2.05, 4.69) is 5.32 Å². The molecule has 0 aliphatic carbocycles. The van der Waals surface area contributed by atoms with Crippen molar-refractivity contribution >= 4 is 18.0 Å². The minimum absolute atomic E-state index is 0. The fourth-order valence-corrected chi connectivity index (χ4v) is 1.66. The Morgan fingerprint density at radius 1 is 1.17 bits per heavy atom. The van der Waals surface area contributed by atoms with E-state index in [0.717, 1.165) is 5.56 Å². The number of benzene rings is 1. The van der Waals surface area contributed by atoms with Crippen molar-refractivity contribution in [2.45, 2.75) is 45.4 Å². The molecule has 1 rings (SSSR count). The number of esters is 1. The summed E-state index contributed by atoms with van der Waals surface area (Å²) in [6.07, 6.45) is -1.39. The van der Waals surface area contributed by atoms with Gasteiger partial charge >= 0.3 is 18.0 Å². The average Bonchev–Trinajstić information content (AvgIpc) is 2.43. The normalized spacial score (nSPS) is 11.6. The van der Waals surface area contributed by atoms with Crippen LogP contribution in [0.25, 0.3) is 0 Å². The third-order valence-corrected chi connectivity index (χ3v) is 2.59. The number of nitrogens with one attached hydrogen (secondary N) is 1. The van der Waals surface area contributed by atoms with E-state index in [4.69, 9.17) is 14.6 Å². The number of aliphatic carboxylic acids is 1. The van der Waals surface area contributed by atoms with E-state index in [1.165, 1.54) is 0 Å². The second-order valence-electron chi connectivity index (χ2n) is 5.89. The van der Waals surface area contributed by atoms with Crippen molar-refractivity contribution in [2.24, 2.45) is 0 Å². The Labute approximate surface area is 140 Å². The minimum atomic E-state index is -1.41. The lowest BCUT2D eigenvalue weighted by Gasteiger charge is -2.21. The van der Waals surface area contributed by atoms with Crippen LogP contribution in [0, 0.1) is 0 Å². The second kappa shape index (κ2) is 9.51. The van der Waals surface area contributed by atoms with Crippen LogP contribution in [-0.2, 0) is 25.7 Å². The monoisotopic (exact) mass is 341 g/mol. The van der Waals surface area contributed by atoms with E-state index in [1.807, 2.05) is 6.07 Å². The molecule has 8 nitrogen and oxygen atoms in total. The van der Waals surface area contributed by atoms with Gasteiger partial charge in [0.05, 0.1) is 6.42 Å². The molecule has 0 aromatic heterocycles. The molecule has 1 aromatic rings. The highest BCUT2D eigenvalue weighted by Gasteiger charge is 2.27. The van der Waals surface area contributed by atoms with Crippen molar-refractivity contribution in [3.8, 4) is 0 Å². The number of rotatable bonds is 6. The standard InChI is InChI=1S/C16H21NO6.H2O/c1-16(2,3)23-13(18)9-12(14(19)20)17-15(21)22-10-11-7-5-4-6-8-11;/h4-8,12H,9-10H2,1-3H3,(H,17,21)(H,19,20);1H2. The summed E-state index contributed by atoms with van der Waals surface area (Å²) in [5.41, 5.74) is 0.0372. The van der Waals surface area contributed by atoms with E-state index in [-0.39, 0.29) is 12.1 Å². The van der Waals surface area contributed by atoms with E-state index < -0.39 is 36.1 Å². The number of hydrogen-bond donors (Lipinski definition) is 2. The molecular formula is C16H23NO7. The number of ether oxygens (including phenoxy) is 2. The average molecular weight is 341 g/mol. The molecule has 1 unspecified atom stereocenters. The van der Waals surface area contributed by atoms with Crippen LogP contribution in [0.15, 0.2) is 30.3 Å². The Bertz CT molecular complexity index is 551. The summed E-state index contributed by atoms with van der Waals surface area (Å²) in [6.45, 7) is 5.01. The van der Waals surface area contributed by atoms with Gasteiger partial charge in [-0.25, -0.2) is 9.59 Å². The van der Waals surface area contributed by atoms with Gasteiger partial charge in [0.1, 0.15) is 18.2 Å². The van der Waals surface area contributed by atoms with E-state index in [1.54, 1.807) is 45.0 Å².